The molecule has 1 N–H and O–H groups in total. The van der Waals surface area contributed by atoms with Crippen LogP contribution in [0.25, 0.3) is 0 Å². The van der Waals surface area contributed by atoms with Gasteiger partial charge in [0.1, 0.15) is 5.82 Å². The summed E-state index contributed by atoms with van der Waals surface area (Å²) in [6, 6.07) is 1.52. The zero-order chi connectivity index (χ0) is 10.7. The number of alkyl halides is 2. The Morgan fingerprint density at radius 2 is 2.21 bits per heavy atom. The minimum atomic E-state index is -3.09. The molecule has 0 spiro atoms. The van der Waals surface area contributed by atoms with Crippen molar-refractivity contribution < 1.29 is 13.2 Å². The van der Waals surface area contributed by atoms with Crippen LogP contribution < -0.4 is 5.56 Å². The van der Waals surface area contributed by atoms with Gasteiger partial charge in [-0.15, -0.1) is 0 Å². The summed E-state index contributed by atoms with van der Waals surface area (Å²) in [5, 5.41) is 8.27. The summed E-state index contributed by atoms with van der Waals surface area (Å²) in [5.74, 6) is -0.999. The van der Waals surface area contributed by atoms with Crippen LogP contribution >= 0.6 is 0 Å². The van der Waals surface area contributed by atoms with Crippen molar-refractivity contribution in [2.24, 2.45) is 0 Å². The zero-order valence-corrected chi connectivity index (χ0v) is 6.85. The van der Waals surface area contributed by atoms with Gasteiger partial charge in [-0.1, -0.05) is 0 Å². The molecule has 0 saturated heterocycles. The molecule has 1 aromatic heterocycles. The highest BCUT2D eigenvalue weighted by molar-refractivity contribution is 5.28. The number of nitrogens with zero attached hydrogens (tertiary/aromatic N) is 1. The van der Waals surface area contributed by atoms with Crippen LogP contribution in [-0.2, 0) is 6.42 Å². The number of aromatic amines is 1. The number of rotatable bonds is 2. The highest BCUT2D eigenvalue weighted by atomic mass is 19.3. The molecule has 1 rings (SSSR count). The van der Waals surface area contributed by atoms with Gasteiger partial charge in [0.15, 0.2) is 0 Å². The van der Waals surface area contributed by atoms with E-state index < -0.39 is 35.3 Å². The molecule has 74 valence electrons. The molecule has 0 saturated carbocycles. The number of nitrogens with one attached hydrogen (secondary N) is 1. The topological polar surface area (TPSA) is 56.6 Å². The van der Waals surface area contributed by atoms with Crippen LogP contribution in [0.2, 0.25) is 0 Å². The molecule has 0 aliphatic carbocycles. The zero-order valence-electron chi connectivity index (χ0n) is 6.85. The number of H-pyrrole nitrogens is 1. The third kappa shape index (κ3) is 1.76. The first-order valence-electron chi connectivity index (χ1n) is 3.63. The summed E-state index contributed by atoms with van der Waals surface area (Å²) in [6.07, 6.45) is -2.96. The van der Waals surface area contributed by atoms with Crippen molar-refractivity contribution >= 4 is 0 Å². The fraction of sp³-hybridized carbons (Fsp3) is 0.250. The second-order valence-electron chi connectivity index (χ2n) is 2.49. The van der Waals surface area contributed by atoms with Crippen LogP contribution in [0.4, 0.5) is 13.2 Å². The molecule has 0 amide bonds. The average Bonchev–Trinajstić information content (AvgIpc) is 2.11. The number of nitriles is 1. The predicted molar refractivity (Wildman–Crippen MR) is 41.3 cm³/mol. The van der Waals surface area contributed by atoms with E-state index in [1.165, 1.54) is 6.07 Å². The van der Waals surface area contributed by atoms with E-state index in [1.54, 1.807) is 0 Å². The van der Waals surface area contributed by atoms with Gasteiger partial charge in [0.05, 0.1) is 18.1 Å². The van der Waals surface area contributed by atoms with Crippen LogP contribution in [-0.4, -0.2) is 4.98 Å². The van der Waals surface area contributed by atoms with Gasteiger partial charge in [0, 0.05) is 11.8 Å². The summed E-state index contributed by atoms with van der Waals surface area (Å²) in [6.45, 7) is 0. The summed E-state index contributed by atoms with van der Waals surface area (Å²) >= 11 is 0. The second kappa shape index (κ2) is 3.96. The van der Waals surface area contributed by atoms with Gasteiger partial charge in [-0.25, -0.2) is 13.2 Å². The highest BCUT2D eigenvalue weighted by Gasteiger charge is 2.20. The second-order valence-corrected chi connectivity index (χ2v) is 2.49. The van der Waals surface area contributed by atoms with E-state index in [4.69, 9.17) is 5.26 Å². The maximum atomic E-state index is 12.9. The van der Waals surface area contributed by atoms with E-state index in [0.29, 0.717) is 6.20 Å². The quantitative estimate of drug-likeness (QED) is 0.790. The lowest BCUT2D eigenvalue weighted by Gasteiger charge is -2.04. The fourth-order valence-electron chi connectivity index (χ4n) is 1.05. The third-order valence-electron chi connectivity index (χ3n) is 1.66. The molecule has 6 heteroatoms. The predicted octanol–water partition coefficient (Wildman–Crippen LogP) is 1.52. The Hall–Kier alpha value is -1.77. The first-order valence-corrected chi connectivity index (χ1v) is 3.63. The van der Waals surface area contributed by atoms with E-state index in [9.17, 15) is 18.0 Å². The number of hydrogen-bond donors (Lipinski definition) is 1. The molecule has 0 unspecified atom stereocenters. The number of halogens is 3. The van der Waals surface area contributed by atoms with Gasteiger partial charge in [-0.05, 0) is 0 Å². The smallest absolute Gasteiger partial charge is 0.269 e. The maximum absolute atomic E-state index is 12.9. The minimum Gasteiger partial charge on any atom is -0.326 e. The van der Waals surface area contributed by atoms with Crippen LogP contribution in [0.1, 0.15) is 17.6 Å². The number of hydrogen-bond acceptors (Lipinski definition) is 2. The summed E-state index contributed by atoms with van der Waals surface area (Å²) in [4.78, 5) is 12.7. The molecule has 0 fully saturated rings. The van der Waals surface area contributed by atoms with E-state index >= 15 is 0 Å². The Bertz CT molecular complexity index is 433. The molecule has 0 atom stereocenters. The van der Waals surface area contributed by atoms with Crippen molar-refractivity contribution in [3.8, 4) is 6.07 Å². The SMILES string of the molecule is N#CCc1c(F)c[nH]c(=O)c1C(F)F. The van der Waals surface area contributed by atoms with Gasteiger partial charge in [0.2, 0.25) is 0 Å². The normalized spacial score (nSPS) is 10.2. The number of pyridine rings is 1. The van der Waals surface area contributed by atoms with Gasteiger partial charge < -0.3 is 4.98 Å². The fourth-order valence-corrected chi connectivity index (χ4v) is 1.05. The van der Waals surface area contributed by atoms with Crippen molar-refractivity contribution in [1.82, 2.24) is 4.98 Å². The maximum Gasteiger partial charge on any atom is 0.269 e. The number of aromatic nitrogens is 1. The van der Waals surface area contributed by atoms with E-state index in [1.807, 2.05) is 4.98 Å². The molecule has 1 heterocycles. The van der Waals surface area contributed by atoms with Gasteiger partial charge in [-0.2, -0.15) is 5.26 Å². The minimum absolute atomic E-state index is 0.536. The molecular formula is C8H5F3N2O. The van der Waals surface area contributed by atoms with E-state index in [-0.39, 0.29) is 0 Å². The van der Waals surface area contributed by atoms with Crippen LogP contribution in [0.5, 0.6) is 0 Å². The van der Waals surface area contributed by atoms with Crippen LogP contribution in [0.3, 0.4) is 0 Å². The molecule has 1 aromatic rings. The first-order chi connectivity index (χ1) is 6.57. The molecule has 0 aliphatic rings. The lowest BCUT2D eigenvalue weighted by Crippen LogP contribution is -2.17. The standard InChI is InChI=1S/C8H5F3N2O/c9-5-3-13-8(14)6(7(10)11)4(5)1-2-12/h3,7H,1H2,(H,13,14). The summed E-state index contributed by atoms with van der Waals surface area (Å²) in [7, 11) is 0. The molecule has 3 nitrogen and oxygen atoms in total. The van der Waals surface area contributed by atoms with Crippen molar-refractivity contribution in [1.29, 1.82) is 5.26 Å². The Labute approximate surface area is 76.8 Å². The van der Waals surface area contributed by atoms with Crippen molar-refractivity contribution in [3.63, 3.8) is 0 Å². The van der Waals surface area contributed by atoms with Crippen molar-refractivity contribution in [2.75, 3.05) is 0 Å². The molecular weight excluding hydrogens is 197 g/mol. The lowest BCUT2D eigenvalue weighted by molar-refractivity contribution is 0.148. The third-order valence-corrected chi connectivity index (χ3v) is 1.66. The van der Waals surface area contributed by atoms with E-state index in [0.717, 1.165) is 0 Å². The Morgan fingerprint density at radius 1 is 1.57 bits per heavy atom. The lowest BCUT2D eigenvalue weighted by atomic mass is 10.1. The largest absolute Gasteiger partial charge is 0.326 e. The van der Waals surface area contributed by atoms with E-state index in [2.05, 4.69) is 0 Å². The summed E-state index contributed by atoms with van der Waals surface area (Å²) < 4.78 is 37.5. The average molecular weight is 202 g/mol. The Kier molecular flexibility index (Phi) is 2.92. The van der Waals surface area contributed by atoms with Crippen molar-refractivity contribution in [3.05, 3.63) is 33.5 Å². The van der Waals surface area contributed by atoms with Crippen LogP contribution in [0.15, 0.2) is 11.0 Å². The summed E-state index contributed by atoms with van der Waals surface area (Å²) in [5.41, 5.74) is -2.57. The van der Waals surface area contributed by atoms with Crippen LogP contribution in [0, 0.1) is 17.1 Å². The highest BCUT2D eigenvalue weighted by Crippen LogP contribution is 2.20. The monoisotopic (exact) mass is 202 g/mol. The van der Waals surface area contributed by atoms with Gasteiger partial charge >= 0.3 is 0 Å². The molecule has 0 bridgehead atoms. The van der Waals surface area contributed by atoms with Crippen molar-refractivity contribution in [2.45, 2.75) is 12.8 Å². The first kappa shape index (κ1) is 10.3. The molecule has 0 aliphatic heterocycles. The van der Waals surface area contributed by atoms with Gasteiger partial charge in [-0.3, -0.25) is 4.79 Å². The molecule has 0 radical (unpaired) electrons. The molecule has 0 aromatic carbocycles. The Balaban J connectivity index is 3.43. The molecule has 14 heavy (non-hydrogen) atoms. The Morgan fingerprint density at radius 3 is 2.71 bits per heavy atom. The van der Waals surface area contributed by atoms with Gasteiger partial charge in [0.25, 0.3) is 12.0 Å².